The first kappa shape index (κ1) is 10.7. The van der Waals surface area contributed by atoms with Gasteiger partial charge in [0.2, 0.25) is 0 Å². The monoisotopic (exact) mass is 158 g/mol. The lowest BCUT2D eigenvalue weighted by Crippen LogP contribution is -2.18. The van der Waals surface area contributed by atoms with E-state index in [0.717, 1.165) is 0 Å². The van der Waals surface area contributed by atoms with Gasteiger partial charge in [0, 0.05) is 0 Å². The molecule has 0 saturated carbocycles. The van der Waals surface area contributed by atoms with E-state index in [-0.39, 0.29) is 0 Å². The lowest BCUT2D eigenvalue weighted by atomic mass is 10.0. The van der Waals surface area contributed by atoms with Crippen LogP contribution in [0, 0.1) is 0 Å². The van der Waals surface area contributed by atoms with Gasteiger partial charge in [0.05, 0.1) is 11.2 Å². The number of rotatable bonds is 3. The molecule has 0 atom stereocenters. The van der Waals surface area contributed by atoms with E-state index in [4.69, 9.17) is 0 Å². The third-order valence-corrected chi connectivity index (χ3v) is 1.14. The molecule has 0 rings (SSSR count). The molecule has 0 fully saturated rings. The zero-order valence-electron chi connectivity index (χ0n) is 7.76. The molecule has 0 aliphatic carbocycles. The van der Waals surface area contributed by atoms with E-state index in [1.165, 1.54) is 0 Å². The number of hydrogen-bond donors (Lipinski definition) is 2. The van der Waals surface area contributed by atoms with E-state index in [1.54, 1.807) is 39.8 Å². The Hall–Kier alpha value is -0.340. The minimum Gasteiger partial charge on any atom is -0.390 e. The fraction of sp³-hybridized carbons (Fsp3) is 0.778. The minimum atomic E-state index is -0.773. The average molecular weight is 158 g/mol. The predicted molar refractivity (Wildman–Crippen MR) is 46.4 cm³/mol. The summed E-state index contributed by atoms with van der Waals surface area (Å²) < 4.78 is 0. The third-order valence-electron chi connectivity index (χ3n) is 1.14. The summed E-state index contributed by atoms with van der Waals surface area (Å²) in [7, 11) is 0. The lowest BCUT2D eigenvalue weighted by Gasteiger charge is -2.15. The van der Waals surface area contributed by atoms with Crippen LogP contribution >= 0.6 is 0 Å². The summed E-state index contributed by atoms with van der Waals surface area (Å²) in [6, 6.07) is 0. The normalized spacial score (nSPS) is 14.4. The van der Waals surface area contributed by atoms with Crippen molar-refractivity contribution in [2.24, 2.45) is 0 Å². The summed E-state index contributed by atoms with van der Waals surface area (Å²) in [5, 5.41) is 18.5. The molecule has 2 nitrogen and oxygen atoms in total. The van der Waals surface area contributed by atoms with Crippen molar-refractivity contribution in [3.8, 4) is 0 Å². The van der Waals surface area contributed by atoms with Crippen molar-refractivity contribution in [1.82, 2.24) is 0 Å². The van der Waals surface area contributed by atoms with E-state index in [2.05, 4.69) is 0 Å². The Kier molecular flexibility index (Phi) is 3.27. The molecule has 11 heavy (non-hydrogen) atoms. The molecule has 0 radical (unpaired) electrons. The molecule has 0 spiro atoms. The first-order chi connectivity index (χ1) is 4.71. The van der Waals surface area contributed by atoms with Gasteiger partial charge < -0.3 is 10.2 Å². The first-order valence-corrected chi connectivity index (χ1v) is 3.83. The third kappa shape index (κ3) is 9.66. The Morgan fingerprint density at radius 2 is 1.55 bits per heavy atom. The summed E-state index contributed by atoms with van der Waals surface area (Å²) >= 11 is 0. The zero-order chi connectivity index (χ0) is 9.12. The Balaban J connectivity index is 3.80. The van der Waals surface area contributed by atoms with E-state index in [0.29, 0.717) is 6.42 Å². The molecule has 0 saturated heterocycles. The topological polar surface area (TPSA) is 40.5 Å². The Bertz CT molecular complexity index is 135. The standard InChI is InChI=1S/C9H18O2/c1-8(2,10)6-5-7-9(3,4)11/h5-6,10-11H,7H2,1-4H3/b6-5-. The van der Waals surface area contributed by atoms with Crippen LogP contribution in [0.1, 0.15) is 34.1 Å². The average Bonchev–Trinajstić information content (AvgIpc) is 1.55. The minimum absolute atomic E-state index is 0.566. The zero-order valence-corrected chi connectivity index (χ0v) is 7.76. The van der Waals surface area contributed by atoms with Crippen LogP contribution in [0.4, 0.5) is 0 Å². The van der Waals surface area contributed by atoms with Crippen LogP contribution in [-0.2, 0) is 0 Å². The highest BCUT2D eigenvalue weighted by molar-refractivity contribution is 4.97. The van der Waals surface area contributed by atoms with Gasteiger partial charge in [-0.05, 0) is 34.1 Å². The Labute approximate surface area is 68.6 Å². The molecule has 0 aromatic carbocycles. The maximum atomic E-state index is 9.28. The second kappa shape index (κ2) is 3.37. The van der Waals surface area contributed by atoms with Gasteiger partial charge in [0.15, 0.2) is 0 Å². The molecule has 0 aliphatic heterocycles. The van der Waals surface area contributed by atoms with Gasteiger partial charge in [0.1, 0.15) is 0 Å². The second-order valence-corrected chi connectivity index (χ2v) is 4.07. The Morgan fingerprint density at radius 1 is 1.09 bits per heavy atom. The van der Waals surface area contributed by atoms with Crippen LogP contribution in [-0.4, -0.2) is 21.4 Å². The first-order valence-electron chi connectivity index (χ1n) is 3.83. The van der Waals surface area contributed by atoms with E-state index in [1.807, 2.05) is 0 Å². The molecular weight excluding hydrogens is 140 g/mol. The van der Waals surface area contributed by atoms with Gasteiger partial charge in [-0.1, -0.05) is 12.2 Å². The van der Waals surface area contributed by atoms with E-state index in [9.17, 15) is 10.2 Å². The maximum absolute atomic E-state index is 9.28. The SMILES string of the molecule is CC(C)(O)/C=C\CC(C)(C)O. The largest absolute Gasteiger partial charge is 0.390 e. The molecule has 2 N–H and O–H groups in total. The summed E-state index contributed by atoms with van der Waals surface area (Å²) in [6.07, 6.45) is 4.04. The summed E-state index contributed by atoms with van der Waals surface area (Å²) in [5.41, 5.74) is -1.45. The number of aliphatic hydroxyl groups is 2. The molecule has 0 aromatic heterocycles. The van der Waals surface area contributed by atoms with Crippen LogP contribution in [0.25, 0.3) is 0 Å². The van der Waals surface area contributed by atoms with Crippen molar-refractivity contribution < 1.29 is 10.2 Å². The van der Waals surface area contributed by atoms with Gasteiger partial charge in [0.25, 0.3) is 0 Å². The van der Waals surface area contributed by atoms with Gasteiger partial charge in [-0.2, -0.15) is 0 Å². The smallest absolute Gasteiger partial charge is 0.0771 e. The van der Waals surface area contributed by atoms with Crippen molar-refractivity contribution in [3.05, 3.63) is 12.2 Å². The van der Waals surface area contributed by atoms with Gasteiger partial charge in [-0.25, -0.2) is 0 Å². The Morgan fingerprint density at radius 3 is 1.82 bits per heavy atom. The second-order valence-electron chi connectivity index (χ2n) is 4.07. The molecule has 66 valence electrons. The van der Waals surface area contributed by atoms with Crippen LogP contribution in [0.3, 0.4) is 0 Å². The highest BCUT2D eigenvalue weighted by Gasteiger charge is 2.11. The van der Waals surface area contributed by atoms with Crippen molar-refractivity contribution >= 4 is 0 Å². The van der Waals surface area contributed by atoms with Crippen LogP contribution < -0.4 is 0 Å². The van der Waals surface area contributed by atoms with Gasteiger partial charge in [-0.15, -0.1) is 0 Å². The lowest BCUT2D eigenvalue weighted by molar-refractivity contribution is 0.0827. The quantitative estimate of drug-likeness (QED) is 0.611. The molecule has 0 amide bonds. The fourth-order valence-electron chi connectivity index (χ4n) is 0.636. The summed E-state index contributed by atoms with van der Waals surface area (Å²) in [5.74, 6) is 0. The fourth-order valence-corrected chi connectivity index (χ4v) is 0.636. The summed E-state index contributed by atoms with van der Waals surface area (Å²) in [4.78, 5) is 0. The van der Waals surface area contributed by atoms with Crippen molar-refractivity contribution in [2.75, 3.05) is 0 Å². The molecule has 0 bridgehead atoms. The van der Waals surface area contributed by atoms with Crippen molar-refractivity contribution in [3.63, 3.8) is 0 Å². The van der Waals surface area contributed by atoms with Gasteiger partial charge >= 0.3 is 0 Å². The van der Waals surface area contributed by atoms with E-state index < -0.39 is 11.2 Å². The summed E-state index contributed by atoms with van der Waals surface area (Å²) in [6.45, 7) is 6.88. The van der Waals surface area contributed by atoms with Crippen molar-refractivity contribution in [2.45, 2.75) is 45.3 Å². The maximum Gasteiger partial charge on any atom is 0.0771 e. The molecular formula is C9H18O2. The highest BCUT2D eigenvalue weighted by atomic mass is 16.3. The van der Waals surface area contributed by atoms with Crippen LogP contribution in [0.2, 0.25) is 0 Å². The van der Waals surface area contributed by atoms with Gasteiger partial charge in [-0.3, -0.25) is 0 Å². The molecule has 0 aromatic rings. The van der Waals surface area contributed by atoms with Crippen molar-refractivity contribution in [1.29, 1.82) is 0 Å². The molecule has 0 unspecified atom stereocenters. The number of hydrogen-bond acceptors (Lipinski definition) is 2. The van der Waals surface area contributed by atoms with Crippen LogP contribution in [0.5, 0.6) is 0 Å². The predicted octanol–water partition coefficient (Wildman–Crippen LogP) is 1.47. The highest BCUT2D eigenvalue weighted by Crippen LogP contribution is 2.10. The van der Waals surface area contributed by atoms with E-state index >= 15 is 0 Å². The molecule has 0 aliphatic rings. The van der Waals surface area contributed by atoms with Crippen LogP contribution in [0.15, 0.2) is 12.2 Å². The molecule has 0 heterocycles. The molecule has 2 heteroatoms.